The van der Waals surface area contributed by atoms with Crippen LogP contribution in [0.1, 0.15) is 46.5 Å². The zero-order valence-electron chi connectivity index (χ0n) is 11.3. The smallest absolute Gasteiger partial charge is 0.407 e. The summed E-state index contributed by atoms with van der Waals surface area (Å²) < 4.78 is 5.38. The van der Waals surface area contributed by atoms with Crippen LogP contribution in [0.5, 0.6) is 0 Å². The third-order valence-corrected chi connectivity index (χ3v) is 2.89. The predicted octanol–water partition coefficient (Wildman–Crippen LogP) is 1.66. The Kier molecular flexibility index (Phi) is 5.19. The highest BCUT2D eigenvalue weighted by molar-refractivity contribution is 7.80. The molecule has 1 fully saturated rings. The Hall–Kier alpha value is -1.04. The van der Waals surface area contributed by atoms with Crippen LogP contribution in [-0.4, -0.2) is 28.9 Å². The van der Waals surface area contributed by atoms with E-state index in [2.05, 4.69) is 10.6 Å². The Morgan fingerprint density at radius 2 is 1.83 bits per heavy atom. The molecule has 6 heteroatoms. The molecule has 1 aliphatic rings. The van der Waals surface area contributed by atoms with Gasteiger partial charge in [0, 0.05) is 11.6 Å². The third-order valence-electron chi connectivity index (χ3n) is 2.77. The van der Waals surface area contributed by atoms with E-state index in [1.807, 2.05) is 20.8 Å². The molecule has 1 aliphatic carbocycles. The number of nitrogens with two attached hydrogens (primary N) is 1. The van der Waals surface area contributed by atoms with Crippen molar-refractivity contribution in [1.82, 2.24) is 10.6 Å². The minimum atomic E-state index is -0.340. The molecule has 0 heterocycles. The van der Waals surface area contributed by atoms with Crippen LogP contribution in [0, 0.1) is 0 Å². The molecule has 0 aliphatic heterocycles. The maximum atomic E-state index is 11.6. The number of rotatable bonds is 2. The second-order valence-corrected chi connectivity index (χ2v) is 6.20. The lowest BCUT2D eigenvalue weighted by molar-refractivity contribution is 0.0656. The van der Waals surface area contributed by atoms with Crippen molar-refractivity contribution >= 4 is 23.4 Å². The number of hydrogen-bond donors (Lipinski definition) is 3. The van der Waals surface area contributed by atoms with Crippen LogP contribution in [0.15, 0.2) is 0 Å². The second kappa shape index (κ2) is 6.22. The van der Waals surface area contributed by atoms with E-state index >= 15 is 0 Å². The molecule has 0 unspecified atom stereocenters. The van der Waals surface area contributed by atoms with Crippen LogP contribution in [0.3, 0.4) is 0 Å². The summed E-state index contributed by atoms with van der Waals surface area (Å²) in [5, 5.41) is 6.18. The van der Waals surface area contributed by atoms with Crippen molar-refractivity contribution < 1.29 is 9.53 Å². The zero-order valence-corrected chi connectivity index (χ0v) is 12.1. The number of thiocarbonyl (C=S) groups is 1. The van der Waals surface area contributed by atoms with E-state index in [0.29, 0.717) is 11.2 Å². The van der Waals surface area contributed by atoms with Gasteiger partial charge in [0.05, 0.1) is 0 Å². The van der Waals surface area contributed by atoms with Crippen LogP contribution in [-0.2, 0) is 4.74 Å². The van der Waals surface area contributed by atoms with Crippen molar-refractivity contribution in [2.24, 2.45) is 5.73 Å². The molecule has 0 radical (unpaired) electrons. The molecule has 0 bridgehead atoms. The Bertz CT molecular complexity index is 307. The normalized spacial score (nSPS) is 24.2. The lowest BCUT2D eigenvalue weighted by Crippen LogP contribution is -2.45. The fourth-order valence-electron chi connectivity index (χ4n) is 2.01. The van der Waals surface area contributed by atoms with Gasteiger partial charge in [0.15, 0.2) is 5.11 Å². The van der Waals surface area contributed by atoms with E-state index in [1.165, 1.54) is 0 Å². The van der Waals surface area contributed by atoms with Gasteiger partial charge in [0.1, 0.15) is 6.10 Å². The highest BCUT2D eigenvalue weighted by Gasteiger charge is 2.25. The first-order valence-electron chi connectivity index (χ1n) is 6.31. The number of nitrogens with one attached hydrogen (secondary N) is 2. The third kappa shape index (κ3) is 6.05. The Morgan fingerprint density at radius 1 is 1.28 bits per heavy atom. The average Bonchev–Trinajstić information content (AvgIpc) is 2.17. The summed E-state index contributed by atoms with van der Waals surface area (Å²) in [5.41, 5.74) is 5.17. The molecule has 18 heavy (non-hydrogen) atoms. The quantitative estimate of drug-likeness (QED) is 0.667. The van der Waals surface area contributed by atoms with Gasteiger partial charge < -0.3 is 21.1 Å². The van der Waals surface area contributed by atoms with E-state index in [-0.39, 0.29) is 17.7 Å². The molecule has 1 amide bonds. The number of amides is 1. The van der Waals surface area contributed by atoms with Crippen molar-refractivity contribution in [3.05, 3.63) is 0 Å². The summed E-state index contributed by atoms with van der Waals surface area (Å²) in [5.74, 6) is 0. The van der Waals surface area contributed by atoms with Gasteiger partial charge in [-0.1, -0.05) is 0 Å². The van der Waals surface area contributed by atoms with E-state index < -0.39 is 0 Å². The number of carbonyl (C=O) groups excluding carboxylic acids is 1. The maximum absolute atomic E-state index is 11.6. The number of ether oxygens (including phenoxy) is 1. The molecule has 0 spiro atoms. The molecule has 4 N–H and O–H groups in total. The first kappa shape index (κ1) is 15.0. The summed E-state index contributed by atoms with van der Waals surface area (Å²) in [7, 11) is 0. The van der Waals surface area contributed by atoms with E-state index in [1.54, 1.807) is 0 Å². The Labute approximate surface area is 114 Å². The molecular weight excluding hydrogens is 250 g/mol. The molecule has 0 saturated heterocycles. The van der Waals surface area contributed by atoms with Crippen LogP contribution >= 0.6 is 12.2 Å². The lowest BCUT2D eigenvalue weighted by atomic mass is 9.93. The standard InChI is InChI=1S/C12H23N3O2S/c1-12(2,3)15-11(16)17-9-6-4-8(5-7-9)14-10(13)18/h8-9H,4-7H2,1-3H3,(H,15,16)(H3,13,14,18). The van der Waals surface area contributed by atoms with Crippen LogP contribution in [0.2, 0.25) is 0 Å². The van der Waals surface area contributed by atoms with E-state index in [0.717, 1.165) is 25.7 Å². The van der Waals surface area contributed by atoms with Crippen molar-refractivity contribution in [2.45, 2.75) is 64.1 Å². The van der Waals surface area contributed by atoms with Crippen molar-refractivity contribution in [2.75, 3.05) is 0 Å². The number of alkyl carbamates (subject to hydrolysis) is 1. The van der Waals surface area contributed by atoms with E-state index in [4.69, 9.17) is 22.7 Å². The first-order chi connectivity index (χ1) is 8.26. The topological polar surface area (TPSA) is 76.4 Å². The average molecular weight is 273 g/mol. The van der Waals surface area contributed by atoms with Crippen molar-refractivity contribution in [3.8, 4) is 0 Å². The highest BCUT2D eigenvalue weighted by Crippen LogP contribution is 2.21. The second-order valence-electron chi connectivity index (χ2n) is 5.76. The summed E-state index contributed by atoms with van der Waals surface area (Å²) >= 11 is 4.81. The van der Waals surface area contributed by atoms with Crippen LogP contribution in [0.4, 0.5) is 4.79 Å². The molecular formula is C12H23N3O2S. The van der Waals surface area contributed by atoms with E-state index in [9.17, 15) is 4.79 Å². The molecule has 1 saturated carbocycles. The number of carbonyl (C=O) groups is 1. The van der Waals surface area contributed by atoms with Crippen molar-refractivity contribution in [3.63, 3.8) is 0 Å². The maximum Gasteiger partial charge on any atom is 0.407 e. The minimum absolute atomic E-state index is 0.00301. The van der Waals surface area contributed by atoms with Crippen molar-refractivity contribution in [1.29, 1.82) is 0 Å². The minimum Gasteiger partial charge on any atom is -0.446 e. The van der Waals surface area contributed by atoms with Gasteiger partial charge in [0.2, 0.25) is 0 Å². The van der Waals surface area contributed by atoms with Gasteiger partial charge in [0.25, 0.3) is 0 Å². The van der Waals surface area contributed by atoms with Gasteiger partial charge in [-0.15, -0.1) is 0 Å². The lowest BCUT2D eigenvalue weighted by Gasteiger charge is -2.30. The highest BCUT2D eigenvalue weighted by atomic mass is 32.1. The fraction of sp³-hybridized carbons (Fsp3) is 0.833. The molecule has 5 nitrogen and oxygen atoms in total. The Morgan fingerprint density at radius 3 is 2.28 bits per heavy atom. The molecule has 0 aromatic carbocycles. The van der Waals surface area contributed by atoms with Gasteiger partial charge in [-0.25, -0.2) is 4.79 Å². The molecule has 1 rings (SSSR count). The summed E-state index contributed by atoms with van der Waals surface area (Å²) in [6, 6.07) is 0.313. The summed E-state index contributed by atoms with van der Waals surface area (Å²) in [4.78, 5) is 11.6. The Balaban J connectivity index is 2.27. The van der Waals surface area contributed by atoms with Gasteiger partial charge in [-0.2, -0.15) is 0 Å². The molecule has 0 aromatic heterocycles. The SMILES string of the molecule is CC(C)(C)NC(=O)OC1CCC(NC(N)=S)CC1. The summed E-state index contributed by atoms with van der Waals surface area (Å²) in [6.45, 7) is 5.78. The summed E-state index contributed by atoms with van der Waals surface area (Å²) in [6.07, 6.45) is 3.19. The largest absolute Gasteiger partial charge is 0.446 e. The van der Waals surface area contributed by atoms with Gasteiger partial charge in [-0.3, -0.25) is 0 Å². The fourth-order valence-corrected chi connectivity index (χ4v) is 2.18. The zero-order chi connectivity index (χ0) is 13.8. The van der Waals surface area contributed by atoms with Crippen LogP contribution in [0.25, 0.3) is 0 Å². The van der Waals surface area contributed by atoms with Crippen LogP contribution < -0.4 is 16.4 Å². The van der Waals surface area contributed by atoms with Gasteiger partial charge >= 0.3 is 6.09 Å². The molecule has 104 valence electrons. The number of hydrogen-bond acceptors (Lipinski definition) is 3. The predicted molar refractivity (Wildman–Crippen MR) is 75.3 cm³/mol. The molecule has 0 aromatic rings. The van der Waals surface area contributed by atoms with Gasteiger partial charge in [-0.05, 0) is 58.7 Å². The monoisotopic (exact) mass is 273 g/mol. The first-order valence-corrected chi connectivity index (χ1v) is 6.72. The molecule has 0 atom stereocenters.